The summed E-state index contributed by atoms with van der Waals surface area (Å²) in [7, 11) is 0. The second-order valence-corrected chi connectivity index (χ2v) is 5.03. The van der Waals surface area contributed by atoms with E-state index in [1.807, 2.05) is 6.92 Å². The van der Waals surface area contributed by atoms with E-state index in [4.69, 9.17) is 22.1 Å². The number of hydrogen-bond donors (Lipinski definition) is 1. The molecule has 1 unspecified atom stereocenters. The zero-order valence-electron chi connectivity index (χ0n) is 10.9. The molecule has 0 bridgehead atoms. The van der Waals surface area contributed by atoms with E-state index in [0.717, 1.165) is 23.8 Å². The largest absolute Gasteiger partial charge is 0.453 e. The highest BCUT2D eigenvalue weighted by Gasteiger charge is 2.10. The van der Waals surface area contributed by atoms with E-state index in [-0.39, 0.29) is 17.5 Å². The van der Waals surface area contributed by atoms with Crippen molar-refractivity contribution in [2.24, 2.45) is 5.73 Å². The molecule has 0 aromatic heterocycles. The van der Waals surface area contributed by atoms with Crippen molar-refractivity contribution in [3.8, 4) is 11.5 Å². The van der Waals surface area contributed by atoms with Crippen LogP contribution in [0.2, 0.25) is 5.02 Å². The van der Waals surface area contributed by atoms with Gasteiger partial charge in [0.25, 0.3) is 0 Å². The Hall–Kier alpha value is -1.65. The lowest BCUT2D eigenvalue weighted by molar-refractivity contribution is 0.436. The van der Waals surface area contributed by atoms with Crippen LogP contribution in [-0.2, 0) is 6.42 Å². The summed E-state index contributed by atoms with van der Waals surface area (Å²) in [5, 5.41) is 0.326. The van der Waals surface area contributed by atoms with Gasteiger partial charge in [-0.3, -0.25) is 0 Å². The molecule has 0 amide bonds. The minimum atomic E-state index is -0.651. The van der Waals surface area contributed by atoms with Crippen LogP contribution < -0.4 is 10.5 Å². The minimum absolute atomic E-state index is 0.0125. The quantitative estimate of drug-likeness (QED) is 0.913. The monoisotopic (exact) mass is 297 g/mol. The Kier molecular flexibility index (Phi) is 4.57. The van der Waals surface area contributed by atoms with Crippen molar-refractivity contribution < 1.29 is 13.5 Å². The molecule has 106 valence electrons. The Morgan fingerprint density at radius 2 is 1.90 bits per heavy atom. The van der Waals surface area contributed by atoms with Crippen molar-refractivity contribution in [2.45, 2.75) is 19.4 Å². The van der Waals surface area contributed by atoms with Crippen LogP contribution >= 0.6 is 11.6 Å². The number of hydrogen-bond acceptors (Lipinski definition) is 2. The first kappa shape index (κ1) is 14.8. The molecule has 2 aromatic carbocycles. The molecular weight excluding hydrogens is 284 g/mol. The molecule has 0 heterocycles. The molecule has 1 atom stereocenters. The summed E-state index contributed by atoms with van der Waals surface area (Å²) in [5.41, 5.74) is 6.66. The fraction of sp³-hybridized carbons (Fsp3) is 0.200. The highest BCUT2D eigenvalue weighted by atomic mass is 35.5. The van der Waals surface area contributed by atoms with Crippen LogP contribution in [0.3, 0.4) is 0 Å². The summed E-state index contributed by atoms with van der Waals surface area (Å²) < 4.78 is 31.9. The van der Waals surface area contributed by atoms with Gasteiger partial charge >= 0.3 is 0 Å². The summed E-state index contributed by atoms with van der Waals surface area (Å²) in [4.78, 5) is 0. The summed E-state index contributed by atoms with van der Waals surface area (Å²) in [6.07, 6.45) is 0.675. The zero-order valence-corrected chi connectivity index (χ0v) is 11.6. The predicted octanol–water partition coefficient (Wildman–Crippen LogP) is 4.30. The van der Waals surface area contributed by atoms with Gasteiger partial charge in [0.15, 0.2) is 11.6 Å². The van der Waals surface area contributed by atoms with Crippen molar-refractivity contribution in [3.63, 3.8) is 0 Å². The Labute approximate surface area is 121 Å². The maximum absolute atomic E-state index is 13.5. The summed E-state index contributed by atoms with van der Waals surface area (Å²) in [6.45, 7) is 1.89. The third-order valence-corrected chi connectivity index (χ3v) is 2.96. The lowest BCUT2D eigenvalue weighted by Gasteiger charge is -2.11. The standard InChI is InChI=1S/C15H14ClF2NO/c1-9(19)6-10-2-5-14(12(16)7-10)20-15-8-11(17)3-4-13(15)18/h2-5,7-9H,6,19H2,1H3. The topological polar surface area (TPSA) is 35.2 Å². The number of benzene rings is 2. The predicted molar refractivity (Wildman–Crippen MR) is 75.2 cm³/mol. The van der Waals surface area contributed by atoms with Gasteiger partial charge in [-0.15, -0.1) is 0 Å². The van der Waals surface area contributed by atoms with Gasteiger partial charge in [-0.1, -0.05) is 17.7 Å². The fourth-order valence-corrected chi connectivity index (χ4v) is 2.04. The van der Waals surface area contributed by atoms with Gasteiger partial charge in [0.1, 0.15) is 11.6 Å². The average molecular weight is 298 g/mol. The molecule has 20 heavy (non-hydrogen) atoms. The van der Waals surface area contributed by atoms with E-state index in [1.54, 1.807) is 18.2 Å². The van der Waals surface area contributed by atoms with E-state index in [2.05, 4.69) is 0 Å². The first-order valence-electron chi connectivity index (χ1n) is 6.12. The third kappa shape index (κ3) is 3.68. The maximum atomic E-state index is 13.5. The summed E-state index contributed by atoms with van der Waals surface area (Å²) in [5.74, 6) is -1.16. The number of halogens is 3. The Morgan fingerprint density at radius 3 is 2.55 bits per heavy atom. The average Bonchev–Trinajstić information content (AvgIpc) is 2.36. The van der Waals surface area contributed by atoms with Gasteiger partial charge in [-0.05, 0) is 43.2 Å². The van der Waals surface area contributed by atoms with Crippen LogP contribution in [0.1, 0.15) is 12.5 Å². The second kappa shape index (κ2) is 6.20. The lowest BCUT2D eigenvalue weighted by atomic mass is 10.1. The maximum Gasteiger partial charge on any atom is 0.166 e. The van der Waals surface area contributed by atoms with Crippen LogP contribution in [0.15, 0.2) is 36.4 Å². The van der Waals surface area contributed by atoms with Crippen LogP contribution in [-0.4, -0.2) is 6.04 Å². The van der Waals surface area contributed by atoms with Crippen molar-refractivity contribution >= 4 is 11.6 Å². The Morgan fingerprint density at radius 1 is 1.15 bits per heavy atom. The highest BCUT2D eigenvalue weighted by molar-refractivity contribution is 6.32. The number of rotatable bonds is 4. The third-order valence-electron chi connectivity index (χ3n) is 2.67. The lowest BCUT2D eigenvalue weighted by Crippen LogP contribution is -2.17. The van der Waals surface area contributed by atoms with E-state index in [0.29, 0.717) is 11.4 Å². The van der Waals surface area contributed by atoms with E-state index >= 15 is 0 Å². The normalized spacial score (nSPS) is 12.2. The first-order valence-corrected chi connectivity index (χ1v) is 6.50. The van der Waals surface area contributed by atoms with E-state index in [1.165, 1.54) is 0 Å². The van der Waals surface area contributed by atoms with Gasteiger partial charge in [0.2, 0.25) is 0 Å². The second-order valence-electron chi connectivity index (χ2n) is 4.62. The summed E-state index contributed by atoms with van der Waals surface area (Å²) >= 11 is 6.07. The van der Waals surface area contributed by atoms with Gasteiger partial charge < -0.3 is 10.5 Å². The fourth-order valence-electron chi connectivity index (χ4n) is 1.80. The molecule has 0 saturated carbocycles. The molecule has 0 radical (unpaired) electrons. The number of ether oxygens (including phenoxy) is 1. The van der Waals surface area contributed by atoms with Gasteiger partial charge in [-0.25, -0.2) is 8.78 Å². The van der Waals surface area contributed by atoms with Crippen molar-refractivity contribution in [1.29, 1.82) is 0 Å². The number of nitrogens with two attached hydrogens (primary N) is 1. The van der Waals surface area contributed by atoms with Crippen LogP contribution in [0, 0.1) is 11.6 Å². The molecule has 5 heteroatoms. The molecule has 2 aromatic rings. The van der Waals surface area contributed by atoms with Crippen molar-refractivity contribution in [3.05, 3.63) is 58.6 Å². The molecule has 2 rings (SSSR count). The molecule has 0 saturated heterocycles. The molecule has 0 aliphatic carbocycles. The zero-order chi connectivity index (χ0) is 14.7. The van der Waals surface area contributed by atoms with Gasteiger partial charge in [0, 0.05) is 12.1 Å². The highest BCUT2D eigenvalue weighted by Crippen LogP contribution is 2.32. The first-order chi connectivity index (χ1) is 9.45. The molecule has 0 spiro atoms. The van der Waals surface area contributed by atoms with Crippen LogP contribution in [0.4, 0.5) is 8.78 Å². The van der Waals surface area contributed by atoms with Gasteiger partial charge in [-0.2, -0.15) is 0 Å². The van der Waals surface area contributed by atoms with Crippen molar-refractivity contribution in [2.75, 3.05) is 0 Å². The Bertz CT molecular complexity index is 617. The molecule has 0 aliphatic rings. The van der Waals surface area contributed by atoms with Crippen LogP contribution in [0.5, 0.6) is 11.5 Å². The molecule has 2 nitrogen and oxygen atoms in total. The van der Waals surface area contributed by atoms with Crippen LogP contribution in [0.25, 0.3) is 0 Å². The molecule has 0 aliphatic heterocycles. The van der Waals surface area contributed by atoms with E-state index < -0.39 is 11.6 Å². The summed E-state index contributed by atoms with van der Waals surface area (Å²) in [6, 6.07) is 8.13. The smallest absolute Gasteiger partial charge is 0.166 e. The van der Waals surface area contributed by atoms with Crippen molar-refractivity contribution in [1.82, 2.24) is 0 Å². The molecule has 0 fully saturated rings. The van der Waals surface area contributed by atoms with E-state index in [9.17, 15) is 8.78 Å². The molecule has 2 N–H and O–H groups in total. The SMILES string of the molecule is CC(N)Cc1ccc(Oc2cc(F)ccc2F)c(Cl)c1. The minimum Gasteiger partial charge on any atom is -0.453 e. The van der Waals surface area contributed by atoms with Gasteiger partial charge in [0.05, 0.1) is 5.02 Å². The Balaban J connectivity index is 2.23. The molecular formula is C15H14ClF2NO.